The molecule has 0 radical (unpaired) electrons. The average Bonchev–Trinajstić information content (AvgIpc) is 2.78. The smallest absolute Gasteiger partial charge is 0.0710 e. The molecule has 1 spiro atoms. The fourth-order valence-corrected chi connectivity index (χ4v) is 3.60. The van der Waals surface area contributed by atoms with E-state index in [1.807, 2.05) is 0 Å². The summed E-state index contributed by atoms with van der Waals surface area (Å²) in [6.07, 6.45) is 11.1. The minimum atomic E-state index is 0.282. The predicted molar refractivity (Wildman–Crippen MR) is 80.6 cm³/mol. The van der Waals surface area contributed by atoms with E-state index in [4.69, 9.17) is 4.74 Å². The SMILES string of the molecule is CCCNCCN(C)CC1CCC2(CCCCC2)O1. The van der Waals surface area contributed by atoms with Crippen LogP contribution in [0.3, 0.4) is 0 Å². The van der Waals surface area contributed by atoms with E-state index < -0.39 is 0 Å². The van der Waals surface area contributed by atoms with Gasteiger partial charge in [0.1, 0.15) is 0 Å². The first kappa shape index (κ1) is 15.3. The van der Waals surface area contributed by atoms with Gasteiger partial charge in [-0.2, -0.15) is 0 Å². The van der Waals surface area contributed by atoms with Crippen molar-refractivity contribution in [3.05, 3.63) is 0 Å². The lowest BCUT2D eigenvalue weighted by molar-refractivity contribution is -0.0700. The molecule has 0 aromatic carbocycles. The number of hydrogen-bond donors (Lipinski definition) is 1. The molecule has 1 N–H and O–H groups in total. The zero-order chi connectivity index (χ0) is 13.6. The number of nitrogens with zero attached hydrogens (tertiary/aromatic N) is 1. The van der Waals surface area contributed by atoms with Crippen molar-refractivity contribution in [3.63, 3.8) is 0 Å². The van der Waals surface area contributed by atoms with Gasteiger partial charge in [-0.1, -0.05) is 26.2 Å². The third-order valence-electron chi connectivity index (χ3n) is 4.72. The second-order valence-corrected chi connectivity index (χ2v) is 6.53. The van der Waals surface area contributed by atoms with E-state index in [0.717, 1.165) is 26.2 Å². The number of rotatable bonds is 7. The second-order valence-electron chi connectivity index (χ2n) is 6.53. The molecule has 1 saturated carbocycles. The summed E-state index contributed by atoms with van der Waals surface area (Å²) in [6.45, 7) is 6.69. The van der Waals surface area contributed by atoms with E-state index in [9.17, 15) is 0 Å². The van der Waals surface area contributed by atoms with Gasteiger partial charge in [0.25, 0.3) is 0 Å². The number of nitrogens with one attached hydrogen (secondary N) is 1. The topological polar surface area (TPSA) is 24.5 Å². The first-order chi connectivity index (χ1) is 9.24. The summed E-state index contributed by atoms with van der Waals surface area (Å²) in [4.78, 5) is 2.43. The van der Waals surface area contributed by atoms with Crippen LogP contribution < -0.4 is 5.32 Å². The fourth-order valence-electron chi connectivity index (χ4n) is 3.60. The van der Waals surface area contributed by atoms with E-state index in [-0.39, 0.29) is 5.60 Å². The highest BCUT2D eigenvalue weighted by molar-refractivity contribution is 4.91. The van der Waals surface area contributed by atoms with Gasteiger partial charge in [0.05, 0.1) is 11.7 Å². The van der Waals surface area contributed by atoms with Crippen molar-refractivity contribution < 1.29 is 4.74 Å². The second kappa shape index (κ2) is 7.61. The van der Waals surface area contributed by atoms with Crippen LogP contribution in [0.2, 0.25) is 0 Å². The van der Waals surface area contributed by atoms with Crippen molar-refractivity contribution in [1.82, 2.24) is 10.2 Å². The van der Waals surface area contributed by atoms with Crippen LogP contribution in [-0.2, 0) is 4.74 Å². The number of hydrogen-bond acceptors (Lipinski definition) is 3. The Morgan fingerprint density at radius 1 is 1.16 bits per heavy atom. The number of ether oxygens (including phenoxy) is 1. The molecule has 3 heteroatoms. The lowest BCUT2D eigenvalue weighted by Gasteiger charge is -2.34. The van der Waals surface area contributed by atoms with E-state index in [0.29, 0.717) is 6.10 Å². The van der Waals surface area contributed by atoms with E-state index in [1.54, 1.807) is 0 Å². The van der Waals surface area contributed by atoms with Crippen molar-refractivity contribution in [3.8, 4) is 0 Å². The zero-order valence-corrected chi connectivity index (χ0v) is 12.9. The Bertz CT molecular complexity index is 251. The Morgan fingerprint density at radius 2 is 1.95 bits per heavy atom. The van der Waals surface area contributed by atoms with Gasteiger partial charge in [-0.3, -0.25) is 0 Å². The molecule has 112 valence electrons. The predicted octanol–water partition coefficient (Wildman–Crippen LogP) is 2.80. The molecule has 0 aromatic rings. The third kappa shape index (κ3) is 4.73. The molecule has 19 heavy (non-hydrogen) atoms. The summed E-state index contributed by atoms with van der Waals surface area (Å²) in [5.74, 6) is 0. The maximum atomic E-state index is 6.43. The summed E-state index contributed by atoms with van der Waals surface area (Å²) in [7, 11) is 2.23. The molecule has 0 bridgehead atoms. The highest BCUT2D eigenvalue weighted by atomic mass is 16.5. The van der Waals surface area contributed by atoms with Crippen molar-refractivity contribution in [2.75, 3.05) is 33.2 Å². The quantitative estimate of drug-likeness (QED) is 0.719. The third-order valence-corrected chi connectivity index (χ3v) is 4.72. The molecule has 1 heterocycles. The van der Waals surface area contributed by atoms with Crippen LogP contribution in [0.4, 0.5) is 0 Å². The molecule has 0 aromatic heterocycles. The largest absolute Gasteiger partial charge is 0.370 e. The molecule has 2 aliphatic rings. The van der Waals surface area contributed by atoms with Crippen molar-refractivity contribution in [2.45, 2.75) is 70.0 Å². The minimum absolute atomic E-state index is 0.282. The van der Waals surface area contributed by atoms with E-state index in [1.165, 1.54) is 51.4 Å². The van der Waals surface area contributed by atoms with Crippen molar-refractivity contribution >= 4 is 0 Å². The van der Waals surface area contributed by atoms with Gasteiger partial charge in [0.2, 0.25) is 0 Å². The molecular formula is C16H32N2O. The zero-order valence-electron chi connectivity index (χ0n) is 12.9. The monoisotopic (exact) mass is 268 g/mol. The Kier molecular flexibility index (Phi) is 6.11. The highest BCUT2D eigenvalue weighted by Crippen LogP contribution is 2.41. The van der Waals surface area contributed by atoms with Gasteiger partial charge in [-0.05, 0) is 45.7 Å². The summed E-state index contributed by atoms with van der Waals surface area (Å²) in [5.41, 5.74) is 0.282. The van der Waals surface area contributed by atoms with Crippen LogP contribution in [0.25, 0.3) is 0 Å². The summed E-state index contributed by atoms with van der Waals surface area (Å²) < 4.78 is 6.43. The lowest BCUT2D eigenvalue weighted by Crippen LogP contribution is -2.37. The first-order valence-corrected chi connectivity index (χ1v) is 8.31. The molecule has 2 rings (SSSR count). The van der Waals surface area contributed by atoms with Gasteiger partial charge in [0.15, 0.2) is 0 Å². The van der Waals surface area contributed by atoms with Crippen LogP contribution in [-0.4, -0.2) is 49.8 Å². The van der Waals surface area contributed by atoms with E-state index in [2.05, 4.69) is 24.2 Å². The van der Waals surface area contributed by atoms with Gasteiger partial charge in [0, 0.05) is 19.6 Å². The highest BCUT2D eigenvalue weighted by Gasteiger charge is 2.40. The maximum Gasteiger partial charge on any atom is 0.0710 e. The van der Waals surface area contributed by atoms with Crippen LogP contribution in [0.1, 0.15) is 58.3 Å². The normalized spacial score (nSPS) is 26.4. The van der Waals surface area contributed by atoms with Crippen LogP contribution in [0.15, 0.2) is 0 Å². The summed E-state index contributed by atoms with van der Waals surface area (Å²) >= 11 is 0. The molecule has 2 fully saturated rings. The molecule has 1 saturated heterocycles. The molecule has 1 atom stereocenters. The maximum absolute atomic E-state index is 6.43. The molecule has 1 aliphatic heterocycles. The molecule has 0 amide bonds. The summed E-state index contributed by atoms with van der Waals surface area (Å²) in [6, 6.07) is 0. The Balaban J connectivity index is 1.63. The minimum Gasteiger partial charge on any atom is -0.370 e. The molecule has 3 nitrogen and oxygen atoms in total. The first-order valence-electron chi connectivity index (χ1n) is 8.31. The lowest BCUT2D eigenvalue weighted by atomic mass is 9.83. The van der Waals surface area contributed by atoms with Gasteiger partial charge in [-0.25, -0.2) is 0 Å². The Hall–Kier alpha value is -0.120. The average molecular weight is 268 g/mol. The molecule has 1 unspecified atom stereocenters. The van der Waals surface area contributed by atoms with Gasteiger partial charge in [-0.15, -0.1) is 0 Å². The Labute approximate surface area is 119 Å². The fraction of sp³-hybridized carbons (Fsp3) is 1.00. The standard InChI is InChI=1S/C16H32N2O/c1-3-11-17-12-13-18(2)14-15-7-10-16(19-15)8-5-4-6-9-16/h15,17H,3-14H2,1-2H3. The van der Waals surface area contributed by atoms with Crippen molar-refractivity contribution in [1.29, 1.82) is 0 Å². The van der Waals surface area contributed by atoms with Gasteiger partial charge >= 0.3 is 0 Å². The summed E-state index contributed by atoms with van der Waals surface area (Å²) in [5, 5.41) is 3.47. The van der Waals surface area contributed by atoms with Gasteiger partial charge < -0.3 is 15.0 Å². The molecule has 1 aliphatic carbocycles. The van der Waals surface area contributed by atoms with Crippen LogP contribution in [0.5, 0.6) is 0 Å². The van der Waals surface area contributed by atoms with Crippen molar-refractivity contribution in [2.24, 2.45) is 0 Å². The van der Waals surface area contributed by atoms with E-state index >= 15 is 0 Å². The number of likely N-dealkylation sites (N-methyl/N-ethyl adjacent to an activating group) is 1. The Morgan fingerprint density at radius 3 is 2.68 bits per heavy atom. The molecular weight excluding hydrogens is 236 g/mol. The van der Waals surface area contributed by atoms with Crippen LogP contribution in [0, 0.1) is 0 Å². The van der Waals surface area contributed by atoms with Crippen LogP contribution >= 0.6 is 0 Å².